The minimum atomic E-state index is -3.07. The molecule has 26 heavy (non-hydrogen) atoms. The van der Waals surface area contributed by atoms with Crippen molar-refractivity contribution < 1.29 is 12.8 Å². The first-order chi connectivity index (χ1) is 11.7. The van der Waals surface area contributed by atoms with Gasteiger partial charge in [-0.25, -0.2) is 8.42 Å². The molecule has 150 valence electrons. The molecule has 1 N–H and O–H groups in total. The Morgan fingerprint density at radius 1 is 1.46 bits per heavy atom. The van der Waals surface area contributed by atoms with Crippen molar-refractivity contribution in [1.29, 1.82) is 0 Å². The van der Waals surface area contributed by atoms with Crippen LogP contribution in [0, 0.1) is 0 Å². The van der Waals surface area contributed by atoms with E-state index in [1.54, 1.807) is 20.1 Å². The lowest BCUT2D eigenvalue weighted by Crippen LogP contribution is -2.57. The topological polar surface area (TPSA) is 78.2 Å². The molecule has 0 amide bonds. The molecular formula is C17H31IN4O3S. The largest absolute Gasteiger partial charge is 0.468 e. The third kappa shape index (κ3) is 5.35. The third-order valence-corrected chi connectivity index (χ3v) is 7.12. The maximum Gasteiger partial charge on any atom is 0.194 e. The van der Waals surface area contributed by atoms with Gasteiger partial charge in [-0.1, -0.05) is 0 Å². The van der Waals surface area contributed by atoms with Crippen LogP contribution in [-0.4, -0.2) is 75.0 Å². The summed E-state index contributed by atoms with van der Waals surface area (Å²) >= 11 is 0. The minimum Gasteiger partial charge on any atom is -0.468 e. The highest BCUT2D eigenvalue weighted by Gasteiger charge is 2.41. The van der Waals surface area contributed by atoms with Gasteiger partial charge in [-0.3, -0.25) is 9.89 Å². The predicted molar refractivity (Wildman–Crippen MR) is 116 cm³/mol. The van der Waals surface area contributed by atoms with Gasteiger partial charge in [0.05, 0.1) is 29.3 Å². The van der Waals surface area contributed by atoms with Crippen molar-refractivity contribution in [2.75, 3.05) is 46.0 Å². The molecule has 1 aliphatic rings. The maximum absolute atomic E-state index is 12.2. The number of guanidine groups is 1. The summed E-state index contributed by atoms with van der Waals surface area (Å²) < 4.78 is 29.2. The Bertz CT molecular complexity index is 687. The number of aliphatic imine (C=N–C) groups is 1. The molecule has 1 fully saturated rings. The zero-order valence-corrected chi connectivity index (χ0v) is 19.4. The van der Waals surface area contributed by atoms with Crippen LogP contribution in [0.25, 0.3) is 0 Å². The molecule has 2 heterocycles. The highest BCUT2D eigenvalue weighted by Crippen LogP contribution is 2.24. The fourth-order valence-corrected chi connectivity index (χ4v) is 4.28. The van der Waals surface area contributed by atoms with E-state index in [0.717, 1.165) is 18.3 Å². The summed E-state index contributed by atoms with van der Waals surface area (Å²) in [6, 6.07) is 3.85. The summed E-state index contributed by atoms with van der Waals surface area (Å²) in [5.41, 5.74) is 0. The van der Waals surface area contributed by atoms with E-state index in [0.29, 0.717) is 19.6 Å². The van der Waals surface area contributed by atoms with E-state index in [1.165, 1.54) is 0 Å². The van der Waals surface area contributed by atoms with E-state index in [2.05, 4.69) is 10.2 Å². The number of likely N-dealkylation sites (N-methyl/N-ethyl adjacent to an activating group) is 1. The van der Waals surface area contributed by atoms with Crippen LogP contribution in [0.2, 0.25) is 0 Å². The zero-order valence-electron chi connectivity index (χ0n) is 16.2. The summed E-state index contributed by atoms with van der Waals surface area (Å²) in [5.74, 6) is 1.77. The summed E-state index contributed by atoms with van der Waals surface area (Å²) in [4.78, 5) is 8.87. The van der Waals surface area contributed by atoms with Crippen LogP contribution < -0.4 is 5.32 Å². The molecule has 2 rings (SSSR count). The predicted octanol–water partition coefficient (Wildman–Crippen LogP) is 1.97. The van der Waals surface area contributed by atoms with Crippen LogP contribution in [-0.2, 0) is 9.84 Å². The van der Waals surface area contributed by atoms with E-state index < -0.39 is 14.6 Å². The van der Waals surface area contributed by atoms with E-state index >= 15 is 0 Å². The van der Waals surface area contributed by atoms with Gasteiger partial charge >= 0.3 is 0 Å². The van der Waals surface area contributed by atoms with Crippen LogP contribution in [0.3, 0.4) is 0 Å². The van der Waals surface area contributed by atoms with Crippen LogP contribution in [0.15, 0.2) is 27.8 Å². The highest BCUT2D eigenvalue weighted by atomic mass is 127. The van der Waals surface area contributed by atoms with Crippen molar-refractivity contribution in [3.8, 4) is 0 Å². The summed E-state index contributed by atoms with van der Waals surface area (Å²) in [7, 11) is 0.914. The summed E-state index contributed by atoms with van der Waals surface area (Å²) in [5, 5.41) is 3.29. The van der Waals surface area contributed by atoms with Gasteiger partial charge in [-0.2, -0.15) is 0 Å². The Balaban J connectivity index is 0.00000338. The van der Waals surface area contributed by atoms with Crippen molar-refractivity contribution in [2.24, 2.45) is 4.99 Å². The first kappa shape index (κ1) is 23.2. The molecule has 0 aromatic carbocycles. The highest BCUT2D eigenvalue weighted by molar-refractivity contribution is 14.0. The van der Waals surface area contributed by atoms with Gasteiger partial charge in [-0.15, -0.1) is 24.0 Å². The second kappa shape index (κ2) is 9.41. The van der Waals surface area contributed by atoms with Gasteiger partial charge in [0, 0.05) is 19.6 Å². The molecule has 0 aliphatic carbocycles. The van der Waals surface area contributed by atoms with Gasteiger partial charge in [0.2, 0.25) is 0 Å². The maximum atomic E-state index is 12.2. The number of hydrogen-bond donors (Lipinski definition) is 1. The number of hydrogen-bond acceptors (Lipinski definition) is 5. The lowest BCUT2D eigenvalue weighted by Gasteiger charge is -2.39. The third-order valence-electron chi connectivity index (χ3n) is 4.59. The lowest BCUT2D eigenvalue weighted by atomic mass is 10.2. The fraction of sp³-hybridized carbons (Fsp3) is 0.706. The average Bonchev–Trinajstić information content (AvgIpc) is 3.03. The number of halogens is 1. The van der Waals surface area contributed by atoms with E-state index in [4.69, 9.17) is 9.41 Å². The molecule has 1 unspecified atom stereocenters. The molecule has 9 heteroatoms. The molecular weight excluding hydrogens is 467 g/mol. The van der Waals surface area contributed by atoms with Crippen molar-refractivity contribution in [2.45, 2.75) is 31.6 Å². The van der Waals surface area contributed by atoms with Crippen molar-refractivity contribution >= 4 is 39.8 Å². The molecule has 1 atom stereocenters. The summed E-state index contributed by atoms with van der Waals surface area (Å²) in [6.45, 7) is 7.74. The molecule has 1 aliphatic heterocycles. The number of rotatable bonds is 5. The van der Waals surface area contributed by atoms with Gasteiger partial charge in [0.25, 0.3) is 0 Å². The van der Waals surface area contributed by atoms with Crippen LogP contribution in [0.4, 0.5) is 0 Å². The van der Waals surface area contributed by atoms with Crippen LogP contribution >= 0.6 is 24.0 Å². The molecule has 1 aromatic heterocycles. The van der Waals surface area contributed by atoms with Gasteiger partial charge < -0.3 is 14.6 Å². The number of nitrogens with one attached hydrogen (secondary N) is 1. The van der Waals surface area contributed by atoms with Crippen LogP contribution in [0.1, 0.15) is 32.6 Å². The summed E-state index contributed by atoms with van der Waals surface area (Å²) in [6.07, 6.45) is 1.67. The van der Waals surface area contributed by atoms with Gasteiger partial charge in [0.15, 0.2) is 15.8 Å². The Hall–Kier alpha value is -0.810. The first-order valence-electron chi connectivity index (χ1n) is 8.63. The quantitative estimate of drug-likeness (QED) is 0.380. The second-order valence-electron chi connectivity index (χ2n) is 7.19. The monoisotopic (exact) mass is 498 g/mol. The Morgan fingerprint density at radius 2 is 2.15 bits per heavy atom. The Kier molecular flexibility index (Phi) is 8.40. The van der Waals surface area contributed by atoms with E-state index in [9.17, 15) is 8.42 Å². The van der Waals surface area contributed by atoms with Gasteiger partial charge in [0.1, 0.15) is 5.76 Å². The first-order valence-corrected chi connectivity index (χ1v) is 10.3. The van der Waals surface area contributed by atoms with E-state index in [1.807, 2.05) is 38.1 Å². The minimum absolute atomic E-state index is 0. The lowest BCUT2D eigenvalue weighted by molar-refractivity contribution is 0.263. The molecule has 0 radical (unpaired) electrons. The number of furan rings is 1. The smallest absolute Gasteiger partial charge is 0.194 e. The van der Waals surface area contributed by atoms with Crippen LogP contribution in [0.5, 0.6) is 0 Å². The molecule has 0 spiro atoms. The zero-order chi connectivity index (χ0) is 18.7. The fourth-order valence-electron chi connectivity index (χ4n) is 2.91. The Morgan fingerprint density at radius 3 is 2.65 bits per heavy atom. The standard InChI is InChI=1S/C17H30N4O3S.HI/c1-6-18-16(21-9-11-25(22,23)17(2,3)13-21)19-12-14(20(4)5)15-8-7-10-24-15;/h7-8,10,14H,6,9,11-13H2,1-5H3,(H,18,19);1H. The van der Waals surface area contributed by atoms with Crippen molar-refractivity contribution in [3.63, 3.8) is 0 Å². The molecule has 0 bridgehead atoms. The molecule has 7 nitrogen and oxygen atoms in total. The molecule has 1 aromatic rings. The molecule has 1 saturated heterocycles. The number of nitrogens with zero attached hydrogens (tertiary/aromatic N) is 3. The Labute approximate surface area is 174 Å². The van der Waals surface area contributed by atoms with E-state index in [-0.39, 0.29) is 35.8 Å². The van der Waals surface area contributed by atoms with Crippen molar-refractivity contribution in [3.05, 3.63) is 24.2 Å². The van der Waals surface area contributed by atoms with Crippen molar-refractivity contribution in [1.82, 2.24) is 15.1 Å². The second-order valence-corrected chi connectivity index (χ2v) is 9.93. The van der Waals surface area contributed by atoms with Gasteiger partial charge in [-0.05, 0) is 47.0 Å². The number of sulfone groups is 1. The SMILES string of the molecule is CCNC(=NCC(c1ccco1)N(C)C)N1CCS(=O)(=O)C(C)(C)C1.I. The normalized spacial score (nSPS) is 20.5. The molecule has 0 saturated carbocycles. The average molecular weight is 498 g/mol.